The first-order chi connectivity index (χ1) is 20.8. The summed E-state index contributed by atoms with van der Waals surface area (Å²) in [5.41, 5.74) is 2.82. The summed E-state index contributed by atoms with van der Waals surface area (Å²) < 4.78 is 11.6. The minimum atomic E-state index is -1.64. The van der Waals surface area contributed by atoms with Gasteiger partial charge in [-0.3, -0.25) is 14.4 Å². The number of rotatable bonds is 5. The molecule has 1 aliphatic carbocycles. The van der Waals surface area contributed by atoms with Gasteiger partial charge in [0.25, 0.3) is 0 Å². The molecule has 0 bridgehead atoms. The third-order valence-corrected chi connectivity index (χ3v) is 9.38. The Morgan fingerprint density at radius 3 is 2.21 bits per heavy atom. The minimum Gasteiger partial charge on any atom is -0.493 e. The summed E-state index contributed by atoms with van der Waals surface area (Å²) in [6.45, 7) is 2.01. The van der Waals surface area contributed by atoms with Crippen molar-refractivity contribution in [3.05, 3.63) is 129 Å². The van der Waals surface area contributed by atoms with Crippen molar-refractivity contribution in [1.29, 1.82) is 0 Å². The Labute approximate surface area is 254 Å². The molecule has 7 heteroatoms. The number of hydrogen-bond acceptors (Lipinski definition) is 6. The lowest BCUT2D eigenvalue weighted by molar-refractivity contribution is 0.0664. The van der Waals surface area contributed by atoms with E-state index >= 15 is 0 Å². The first-order valence-electron chi connectivity index (χ1n) is 14.1. The maximum atomic E-state index is 14.9. The van der Waals surface area contributed by atoms with E-state index in [2.05, 4.69) is 0 Å². The van der Waals surface area contributed by atoms with Gasteiger partial charge < -0.3 is 14.4 Å². The summed E-state index contributed by atoms with van der Waals surface area (Å²) in [6.07, 6.45) is 3.88. The topological polar surface area (TPSA) is 72.9 Å². The fourth-order valence-electron chi connectivity index (χ4n) is 7.38. The minimum absolute atomic E-state index is 0.230. The highest BCUT2D eigenvalue weighted by Crippen LogP contribution is 2.62. The van der Waals surface area contributed by atoms with E-state index in [0.29, 0.717) is 38.8 Å². The number of methoxy groups -OCH3 is 2. The molecular weight excluding hydrogens is 562 g/mol. The summed E-state index contributed by atoms with van der Waals surface area (Å²) in [7, 11) is 3.06. The highest BCUT2D eigenvalue weighted by Gasteiger charge is 2.72. The van der Waals surface area contributed by atoms with Gasteiger partial charge in [0.05, 0.1) is 20.3 Å². The largest absolute Gasteiger partial charge is 0.493 e. The zero-order chi connectivity index (χ0) is 30.0. The number of anilines is 1. The molecule has 6 nitrogen and oxygen atoms in total. The van der Waals surface area contributed by atoms with Gasteiger partial charge in [-0.1, -0.05) is 71.8 Å². The van der Waals surface area contributed by atoms with Crippen LogP contribution in [0.3, 0.4) is 0 Å². The molecule has 1 unspecified atom stereocenters. The van der Waals surface area contributed by atoms with Crippen molar-refractivity contribution in [2.24, 2.45) is 5.41 Å². The summed E-state index contributed by atoms with van der Waals surface area (Å²) in [6, 6.07) is 23.4. The van der Waals surface area contributed by atoms with Crippen LogP contribution in [0.25, 0.3) is 6.08 Å². The van der Waals surface area contributed by atoms with Crippen LogP contribution < -0.4 is 14.4 Å². The van der Waals surface area contributed by atoms with Crippen molar-refractivity contribution in [1.82, 2.24) is 0 Å². The number of para-hydroxylation sites is 1. The SMILES string of the molecule is COc1cccc([C@@H]2[C@@H](C(=O)c3ccc(Cl)cc3)N3c4ccc(C)cc4C=CC3C23C(=O)c2ccccc2C3=O)c1OC. The van der Waals surface area contributed by atoms with Crippen LogP contribution in [0.1, 0.15) is 53.7 Å². The molecule has 1 fully saturated rings. The quantitative estimate of drug-likeness (QED) is 0.185. The number of benzene rings is 4. The predicted octanol–water partition coefficient (Wildman–Crippen LogP) is 6.98. The second-order valence-electron chi connectivity index (χ2n) is 11.2. The van der Waals surface area contributed by atoms with Crippen LogP contribution in [0.2, 0.25) is 5.02 Å². The number of ketones is 3. The Kier molecular flexibility index (Phi) is 6.29. The van der Waals surface area contributed by atoms with Crippen LogP contribution in [-0.2, 0) is 0 Å². The molecule has 4 aromatic rings. The van der Waals surface area contributed by atoms with Crippen LogP contribution in [0, 0.1) is 12.3 Å². The molecule has 1 spiro atoms. The molecule has 0 saturated carbocycles. The average molecular weight is 590 g/mol. The second kappa shape index (κ2) is 9.96. The van der Waals surface area contributed by atoms with E-state index in [1.807, 2.05) is 48.2 Å². The molecule has 0 radical (unpaired) electrons. The zero-order valence-electron chi connectivity index (χ0n) is 23.8. The molecule has 2 heterocycles. The Morgan fingerprint density at radius 2 is 1.56 bits per heavy atom. The monoisotopic (exact) mass is 589 g/mol. The van der Waals surface area contributed by atoms with Crippen LogP contribution in [0.5, 0.6) is 11.5 Å². The standard InChI is InChI=1S/C36H28ClNO5/c1-20-11-17-27-22(19-20)14-18-29-36(34(40)24-7-4-5-8-25(24)35(36)41)30(26-9-6-10-28(42-2)33(26)43-3)31(38(27)29)32(39)21-12-15-23(37)16-13-21/h4-19,29-31H,1-3H3/t29?,30-,31+/m1/s1. The lowest BCUT2D eigenvalue weighted by Gasteiger charge is -2.37. The van der Waals surface area contributed by atoms with E-state index < -0.39 is 23.4 Å². The third kappa shape index (κ3) is 3.69. The second-order valence-corrected chi connectivity index (χ2v) is 11.7. The number of carbonyl (C=O) groups is 3. The van der Waals surface area contributed by atoms with Crippen LogP contribution in [-0.4, -0.2) is 43.7 Å². The van der Waals surface area contributed by atoms with Crippen LogP contribution in [0.15, 0.2) is 91.0 Å². The summed E-state index contributed by atoms with van der Waals surface area (Å²) in [5, 5.41) is 0.502. The first kappa shape index (κ1) is 27.2. The Morgan fingerprint density at radius 1 is 0.860 bits per heavy atom. The number of ether oxygens (including phenoxy) is 2. The van der Waals surface area contributed by atoms with Crippen LogP contribution in [0.4, 0.5) is 5.69 Å². The van der Waals surface area contributed by atoms with Crippen molar-refractivity contribution < 1.29 is 23.9 Å². The highest BCUT2D eigenvalue weighted by atomic mass is 35.5. The van der Waals surface area contributed by atoms with E-state index in [-0.39, 0.29) is 17.3 Å². The van der Waals surface area contributed by atoms with Gasteiger partial charge in [-0.15, -0.1) is 0 Å². The summed E-state index contributed by atoms with van der Waals surface area (Å²) in [5.74, 6) is -0.927. The maximum absolute atomic E-state index is 14.9. The number of carbonyl (C=O) groups excluding carboxylic acids is 3. The van der Waals surface area contributed by atoms with E-state index in [1.54, 1.807) is 60.7 Å². The molecular formula is C36H28ClNO5. The molecule has 1 saturated heterocycles. The van der Waals surface area contributed by atoms with Gasteiger partial charge >= 0.3 is 0 Å². The summed E-state index contributed by atoms with van der Waals surface area (Å²) in [4.78, 5) is 46.5. The van der Waals surface area contributed by atoms with Gasteiger partial charge in [0.15, 0.2) is 28.8 Å². The molecule has 43 heavy (non-hydrogen) atoms. The van der Waals surface area contributed by atoms with E-state index in [9.17, 15) is 14.4 Å². The Hall–Kier alpha value is -4.68. The normalized spacial score (nSPS) is 21.0. The number of fused-ring (bicyclic) bond motifs is 5. The van der Waals surface area contributed by atoms with Gasteiger partial charge in [-0.2, -0.15) is 0 Å². The molecule has 4 aromatic carbocycles. The number of hydrogen-bond donors (Lipinski definition) is 0. The van der Waals surface area contributed by atoms with Crippen molar-refractivity contribution in [2.45, 2.75) is 24.9 Å². The molecule has 2 aliphatic heterocycles. The lowest BCUT2D eigenvalue weighted by atomic mass is 9.64. The fraction of sp³-hybridized carbons (Fsp3) is 0.194. The van der Waals surface area contributed by atoms with Crippen LogP contribution >= 0.6 is 11.6 Å². The third-order valence-electron chi connectivity index (χ3n) is 9.13. The highest BCUT2D eigenvalue weighted by molar-refractivity contribution is 6.32. The average Bonchev–Trinajstić information content (AvgIpc) is 3.46. The predicted molar refractivity (Wildman–Crippen MR) is 166 cm³/mol. The number of halogens is 1. The molecule has 0 amide bonds. The molecule has 0 aromatic heterocycles. The van der Waals surface area contributed by atoms with Gasteiger partial charge in [-0.25, -0.2) is 0 Å². The number of aryl methyl sites for hydroxylation is 1. The van der Waals surface area contributed by atoms with Gasteiger partial charge in [-0.05, 0) is 55.0 Å². The molecule has 7 rings (SSSR count). The Balaban J connectivity index is 1.58. The van der Waals surface area contributed by atoms with Crippen molar-refractivity contribution in [2.75, 3.05) is 19.1 Å². The van der Waals surface area contributed by atoms with Crippen molar-refractivity contribution in [3.8, 4) is 11.5 Å². The smallest absolute Gasteiger partial charge is 0.185 e. The van der Waals surface area contributed by atoms with Crippen molar-refractivity contribution >= 4 is 40.7 Å². The number of nitrogens with zero attached hydrogens (tertiary/aromatic N) is 1. The van der Waals surface area contributed by atoms with Crippen molar-refractivity contribution in [3.63, 3.8) is 0 Å². The van der Waals surface area contributed by atoms with Gasteiger partial charge in [0, 0.05) is 38.9 Å². The van der Waals surface area contributed by atoms with E-state index in [4.69, 9.17) is 21.1 Å². The Bertz CT molecular complexity index is 1830. The lowest BCUT2D eigenvalue weighted by Crippen LogP contribution is -2.48. The van der Waals surface area contributed by atoms with Gasteiger partial charge in [0.2, 0.25) is 0 Å². The fourth-order valence-corrected chi connectivity index (χ4v) is 7.51. The molecule has 0 N–H and O–H groups in total. The molecule has 3 aliphatic rings. The zero-order valence-corrected chi connectivity index (χ0v) is 24.6. The molecule has 3 atom stereocenters. The van der Waals surface area contributed by atoms with Gasteiger partial charge in [0.1, 0.15) is 11.5 Å². The number of Topliss-reactive ketones (excluding diaryl/α,β-unsaturated/α-hetero) is 3. The van der Waals surface area contributed by atoms with E-state index in [1.165, 1.54) is 14.2 Å². The van der Waals surface area contributed by atoms with E-state index in [0.717, 1.165) is 16.8 Å². The first-order valence-corrected chi connectivity index (χ1v) is 14.5. The molecule has 214 valence electrons. The maximum Gasteiger partial charge on any atom is 0.185 e. The summed E-state index contributed by atoms with van der Waals surface area (Å²) >= 11 is 6.20.